The zero-order valence-electron chi connectivity index (χ0n) is 14.2. The van der Waals surface area contributed by atoms with Gasteiger partial charge in [0.2, 0.25) is 0 Å². The van der Waals surface area contributed by atoms with Crippen molar-refractivity contribution in [2.24, 2.45) is 7.05 Å². The molecule has 1 aromatic carbocycles. The molecule has 6 heteroatoms. The normalized spacial score (nSPS) is 15.3. The van der Waals surface area contributed by atoms with Crippen molar-refractivity contribution >= 4 is 45.7 Å². The number of hydrogen-bond acceptors (Lipinski definition) is 1. The van der Waals surface area contributed by atoms with Gasteiger partial charge in [-0.15, -0.1) is 0 Å². The van der Waals surface area contributed by atoms with E-state index in [2.05, 4.69) is 126 Å². The Balaban J connectivity index is 0.000000177. The van der Waals surface area contributed by atoms with E-state index in [9.17, 15) is 0 Å². The molecule has 1 saturated carbocycles. The Morgan fingerprint density at radius 3 is 2.21 bits per heavy atom. The first-order valence-electron chi connectivity index (χ1n) is 8.31. The molecule has 136 valence electrons. The van der Waals surface area contributed by atoms with Crippen molar-refractivity contribution in [3.8, 4) is 0 Å². The predicted octanol–water partition coefficient (Wildman–Crippen LogP) is 5.91. The maximum absolute atomic E-state index is 2.43. The first kappa shape index (κ1) is 20.8. The molecule has 1 heterocycles. The molecule has 1 aliphatic rings. The Morgan fingerprint density at radius 2 is 1.71 bits per heavy atom. The van der Waals surface area contributed by atoms with Crippen LogP contribution in [-0.2, 0) is 32.9 Å². The maximum atomic E-state index is 2.43. The van der Waals surface area contributed by atoms with Crippen molar-refractivity contribution < 1.29 is 19.4 Å². The van der Waals surface area contributed by atoms with Crippen molar-refractivity contribution in [3.05, 3.63) is 51.6 Å². The summed E-state index contributed by atoms with van der Waals surface area (Å²) < 4.78 is 8.09. The van der Waals surface area contributed by atoms with Crippen LogP contribution in [0.1, 0.15) is 49.3 Å². The van der Waals surface area contributed by atoms with E-state index >= 15 is 0 Å². The number of halogens is 2. The second-order valence-corrected chi connectivity index (χ2v) is 11.5. The third-order valence-electron chi connectivity index (χ3n) is 4.31. The summed E-state index contributed by atoms with van der Waals surface area (Å²) in [5, 5.41) is 0. The number of benzene rings is 1. The molecule has 0 spiro atoms. The summed E-state index contributed by atoms with van der Waals surface area (Å²) >= 11 is 6.96. The zero-order chi connectivity index (χ0) is 17.5. The van der Waals surface area contributed by atoms with Crippen LogP contribution in [0.3, 0.4) is 0 Å². The number of aromatic nitrogens is 2. The molecular weight excluding hydrogens is 707 g/mol. The van der Waals surface area contributed by atoms with Crippen molar-refractivity contribution in [1.82, 2.24) is 10.5 Å². The fraction of sp³-hybridized carbons (Fsp3) is 0.500. The topological polar surface area (TPSA) is 13.1 Å². The minimum atomic E-state index is 0.766. The van der Waals surface area contributed by atoms with Gasteiger partial charge in [-0.25, -0.2) is 0 Å². The molecule has 0 N–H and O–H groups in total. The van der Waals surface area contributed by atoms with Crippen LogP contribution < -0.4 is 0 Å². The van der Waals surface area contributed by atoms with E-state index in [0.717, 1.165) is 12.6 Å². The first-order chi connectivity index (χ1) is 11.5. The van der Waals surface area contributed by atoms with Gasteiger partial charge >= 0.3 is 89.9 Å². The number of rotatable bonds is 3. The van der Waals surface area contributed by atoms with Crippen LogP contribution >= 0.6 is 45.7 Å². The van der Waals surface area contributed by atoms with Crippen LogP contribution in [0.4, 0.5) is 0 Å². The monoisotopic (exact) mass is 732 g/mol. The van der Waals surface area contributed by atoms with Gasteiger partial charge in [0.1, 0.15) is 0 Å². The molecule has 2 aromatic rings. The summed E-state index contributed by atoms with van der Waals surface area (Å²) in [7, 11) is 2.11. The summed E-state index contributed by atoms with van der Waals surface area (Å²) in [6, 6.07) is 9.39. The van der Waals surface area contributed by atoms with E-state index in [-0.39, 0.29) is 0 Å². The van der Waals surface area contributed by atoms with Gasteiger partial charge < -0.3 is 0 Å². The molecule has 0 saturated heterocycles. The zero-order valence-corrected chi connectivity index (χ0v) is 20.8. The summed E-state index contributed by atoms with van der Waals surface area (Å²) in [4.78, 5) is 0. The van der Waals surface area contributed by atoms with Crippen LogP contribution in [0.2, 0.25) is 0 Å². The third kappa shape index (κ3) is 6.69. The molecule has 0 aliphatic heterocycles. The van der Waals surface area contributed by atoms with Crippen LogP contribution in [-0.4, -0.2) is 10.5 Å². The Labute approximate surface area is 184 Å². The van der Waals surface area contributed by atoms with E-state index < -0.39 is 0 Å². The van der Waals surface area contributed by atoms with Crippen molar-refractivity contribution in [2.75, 3.05) is 0 Å². The fourth-order valence-electron chi connectivity index (χ4n) is 2.92. The van der Waals surface area contributed by atoms with Gasteiger partial charge in [0.25, 0.3) is 0 Å². The number of nitrogens with zero attached hydrogens (tertiary/aromatic N) is 3. The Kier molecular flexibility index (Phi) is 9.23. The van der Waals surface area contributed by atoms with Gasteiger partial charge in [0.15, 0.2) is 0 Å². The molecule has 1 aliphatic carbocycles. The standard InChI is InChI=1S/C10H16N2.C8H9I2N.Pt/c1-11-7-8-12(9-11)10-5-3-2-4-6-10;1-7-2-4-8(5-3-7)6-11(9)10;/h7-8,10H,2-6H2,1H3;2-5H,6H2,1H3;. The van der Waals surface area contributed by atoms with Crippen molar-refractivity contribution in [1.29, 1.82) is 0 Å². The molecule has 0 unspecified atom stereocenters. The molecular formula is C18H25I2N3Pt. The summed E-state index contributed by atoms with van der Waals surface area (Å²) in [6.07, 6.45) is 11.3. The second kappa shape index (κ2) is 10.6. The second-order valence-electron chi connectivity index (χ2n) is 6.30. The third-order valence-corrected chi connectivity index (χ3v) is 6.38. The molecule has 0 radical (unpaired) electrons. The van der Waals surface area contributed by atoms with Gasteiger partial charge in [0.05, 0.1) is 0 Å². The molecule has 1 aromatic heterocycles. The average Bonchev–Trinajstić information content (AvgIpc) is 2.90. The Morgan fingerprint density at radius 1 is 1.08 bits per heavy atom. The van der Waals surface area contributed by atoms with Crippen LogP contribution in [0.5, 0.6) is 0 Å². The SMILES string of the molecule is Cc1ccc(CN(I)I)cc1.Cn1ccn(C2CCCCC2)[c]1=[Pt]. The fourth-order valence-corrected chi connectivity index (χ4v) is 4.46. The van der Waals surface area contributed by atoms with E-state index in [0.29, 0.717) is 0 Å². The van der Waals surface area contributed by atoms with Crippen molar-refractivity contribution in [3.63, 3.8) is 0 Å². The van der Waals surface area contributed by atoms with E-state index in [1.807, 2.05) is 0 Å². The van der Waals surface area contributed by atoms with Gasteiger partial charge in [0, 0.05) is 52.3 Å². The van der Waals surface area contributed by atoms with Gasteiger partial charge in [-0.3, -0.25) is 0 Å². The summed E-state index contributed by atoms with van der Waals surface area (Å²) in [5.41, 5.74) is 2.68. The van der Waals surface area contributed by atoms with Crippen LogP contribution in [0, 0.1) is 10.7 Å². The molecule has 0 amide bonds. The summed E-state index contributed by atoms with van der Waals surface area (Å²) in [6.45, 7) is 3.11. The first-order valence-corrected chi connectivity index (χ1v) is 11.4. The van der Waals surface area contributed by atoms with E-state index in [1.54, 1.807) is 0 Å². The Bertz CT molecular complexity index is 670. The van der Waals surface area contributed by atoms with Gasteiger partial charge in [-0.1, -0.05) is 29.8 Å². The van der Waals surface area contributed by atoms with E-state index in [4.69, 9.17) is 0 Å². The Hall–Kier alpha value is 0.538. The van der Waals surface area contributed by atoms with Crippen LogP contribution in [0.25, 0.3) is 0 Å². The molecule has 1 fully saturated rings. The van der Waals surface area contributed by atoms with Crippen LogP contribution in [0.15, 0.2) is 36.7 Å². The predicted molar refractivity (Wildman–Crippen MR) is 114 cm³/mol. The molecule has 3 rings (SSSR count). The number of hydrogen-bond donors (Lipinski definition) is 0. The molecule has 3 nitrogen and oxygen atoms in total. The van der Waals surface area contributed by atoms with E-state index in [1.165, 1.54) is 47.0 Å². The number of aryl methyl sites for hydroxylation is 2. The van der Waals surface area contributed by atoms with Gasteiger partial charge in [-0.2, -0.15) is 1.33 Å². The van der Waals surface area contributed by atoms with Gasteiger partial charge in [-0.05, 0) is 12.5 Å². The molecule has 24 heavy (non-hydrogen) atoms. The quantitative estimate of drug-likeness (QED) is 0.283. The minimum absolute atomic E-state index is 0.766. The molecule has 0 atom stereocenters. The molecule has 0 bridgehead atoms. The van der Waals surface area contributed by atoms with Crippen molar-refractivity contribution in [2.45, 2.75) is 51.6 Å². The average molecular weight is 732 g/mol. The number of imidazole rings is 1. The summed E-state index contributed by atoms with van der Waals surface area (Å²) in [5.74, 6) is 0.